The molecule has 2 aromatic carbocycles. The van der Waals surface area contributed by atoms with Gasteiger partial charge in [-0.3, -0.25) is 19.2 Å². The number of rotatable bonds is 5. The van der Waals surface area contributed by atoms with E-state index in [0.717, 1.165) is 6.08 Å². The van der Waals surface area contributed by atoms with Crippen molar-refractivity contribution >= 4 is 44.8 Å². The van der Waals surface area contributed by atoms with Crippen molar-refractivity contribution in [2.24, 2.45) is 5.92 Å². The number of hydrogen-bond acceptors (Lipinski definition) is 5. The monoisotopic (exact) mass is 426 g/mol. The SMILES string of the molecule is CCOC(=O)[C@H](C(=O)c1ccccc1)C1=CC(=O)C(=O)c2ccc(Br)cc21. The lowest BCUT2D eigenvalue weighted by Gasteiger charge is -2.23. The summed E-state index contributed by atoms with van der Waals surface area (Å²) < 4.78 is 5.76. The van der Waals surface area contributed by atoms with Crippen molar-refractivity contribution < 1.29 is 23.9 Å². The summed E-state index contributed by atoms with van der Waals surface area (Å²) in [6.07, 6.45) is 1.07. The van der Waals surface area contributed by atoms with Gasteiger partial charge in [0, 0.05) is 15.6 Å². The first kappa shape index (κ1) is 18.9. The van der Waals surface area contributed by atoms with E-state index in [1.807, 2.05) is 0 Å². The fourth-order valence-electron chi connectivity index (χ4n) is 2.98. The maximum absolute atomic E-state index is 13.1. The summed E-state index contributed by atoms with van der Waals surface area (Å²) in [5.41, 5.74) is 1.02. The molecule has 0 aromatic heterocycles. The minimum Gasteiger partial charge on any atom is -0.465 e. The largest absolute Gasteiger partial charge is 0.465 e. The zero-order chi connectivity index (χ0) is 19.6. The molecule has 3 rings (SSSR count). The van der Waals surface area contributed by atoms with Crippen molar-refractivity contribution in [3.05, 3.63) is 75.8 Å². The van der Waals surface area contributed by atoms with E-state index in [1.54, 1.807) is 49.4 Å². The lowest BCUT2D eigenvalue weighted by atomic mass is 9.79. The standard InChI is InChI=1S/C21H15BrO5/c1-2-27-21(26)18(19(24)12-6-4-3-5-7-12)16-11-17(23)20(25)14-9-8-13(22)10-15(14)16/h3-11,18H,2H2,1H3/t18-/m0/s1. The average Bonchev–Trinajstić information content (AvgIpc) is 2.66. The first-order chi connectivity index (χ1) is 12.9. The van der Waals surface area contributed by atoms with Gasteiger partial charge in [-0.15, -0.1) is 0 Å². The normalized spacial score (nSPS) is 14.2. The van der Waals surface area contributed by atoms with Gasteiger partial charge in [0.05, 0.1) is 6.61 Å². The molecule has 136 valence electrons. The quantitative estimate of drug-likeness (QED) is 0.315. The number of esters is 1. The molecule has 0 spiro atoms. The maximum atomic E-state index is 13.1. The van der Waals surface area contributed by atoms with Gasteiger partial charge in [0.1, 0.15) is 5.92 Å². The third-order valence-electron chi connectivity index (χ3n) is 4.20. The Morgan fingerprint density at radius 2 is 1.74 bits per heavy atom. The zero-order valence-corrected chi connectivity index (χ0v) is 16.0. The average molecular weight is 427 g/mol. The first-order valence-electron chi connectivity index (χ1n) is 8.30. The summed E-state index contributed by atoms with van der Waals surface area (Å²) in [5.74, 6) is -4.03. The molecule has 0 bridgehead atoms. The summed E-state index contributed by atoms with van der Waals surface area (Å²) in [6, 6.07) is 13.1. The van der Waals surface area contributed by atoms with E-state index in [1.165, 1.54) is 6.07 Å². The summed E-state index contributed by atoms with van der Waals surface area (Å²) in [4.78, 5) is 50.2. The molecule has 0 heterocycles. The molecule has 0 aliphatic heterocycles. The maximum Gasteiger partial charge on any atom is 0.321 e. The molecule has 5 nitrogen and oxygen atoms in total. The molecule has 2 aromatic rings. The Labute approximate surface area is 164 Å². The second-order valence-corrected chi connectivity index (χ2v) is 6.81. The van der Waals surface area contributed by atoms with Crippen molar-refractivity contribution in [1.29, 1.82) is 0 Å². The fraction of sp³-hybridized carbons (Fsp3) is 0.143. The van der Waals surface area contributed by atoms with E-state index in [2.05, 4.69) is 15.9 Å². The van der Waals surface area contributed by atoms with Crippen LogP contribution in [0.15, 0.2) is 59.1 Å². The molecular weight excluding hydrogens is 412 g/mol. The molecule has 1 aliphatic carbocycles. The molecular formula is C21H15BrO5. The number of benzene rings is 2. The van der Waals surface area contributed by atoms with E-state index >= 15 is 0 Å². The number of ether oxygens (including phenoxy) is 1. The topological polar surface area (TPSA) is 77.5 Å². The fourth-order valence-corrected chi connectivity index (χ4v) is 3.34. The zero-order valence-electron chi connectivity index (χ0n) is 14.4. The molecule has 1 atom stereocenters. The van der Waals surface area contributed by atoms with Crippen LogP contribution in [0.25, 0.3) is 5.57 Å². The van der Waals surface area contributed by atoms with Gasteiger partial charge in [0.25, 0.3) is 0 Å². The molecule has 0 saturated heterocycles. The van der Waals surface area contributed by atoms with Crippen LogP contribution in [0.1, 0.15) is 33.2 Å². The number of Topliss-reactive ketones (excluding diaryl/α,β-unsaturated/α-hetero) is 2. The number of carbonyl (C=O) groups is 4. The molecule has 0 unspecified atom stereocenters. The van der Waals surface area contributed by atoms with E-state index in [9.17, 15) is 19.2 Å². The first-order valence-corrected chi connectivity index (χ1v) is 9.09. The van der Waals surface area contributed by atoms with Gasteiger partial charge in [-0.2, -0.15) is 0 Å². The Hall–Kier alpha value is -2.86. The highest BCUT2D eigenvalue weighted by molar-refractivity contribution is 9.10. The summed E-state index contributed by atoms with van der Waals surface area (Å²) in [6.45, 7) is 1.72. The van der Waals surface area contributed by atoms with E-state index in [0.29, 0.717) is 15.6 Å². The van der Waals surface area contributed by atoms with Gasteiger partial charge < -0.3 is 4.74 Å². The van der Waals surface area contributed by atoms with Gasteiger partial charge >= 0.3 is 5.97 Å². The minimum atomic E-state index is -1.34. The van der Waals surface area contributed by atoms with Crippen LogP contribution >= 0.6 is 15.9 Å². The van der Waals surface area contributed by atoms with Crippen LogP contribution in [-0.4, -0.2) is 29.9 Å². The van der Waals surface area contributed by atoms with Crippen molar-refractivity contribution in [3.8, 4) is 0 Å². The summed E-state index contributed by atoms with van der Waals surface area (Å²) in [5, 5.41) is 0. The number of ketones is 3. The highest BCUT2D eigenvalue weighted by Crippen LogP contribution is 2.35. The van der Waals surface area contributed by atoms with Crippen LogP contribution in [0.3, 0.4) is 0 Å². The van der Waals surface area contributed by atoms with Crippen molar-refractivity contribution in [2.75, 3.05) is 6.61 Å². The van der Waals surface area contributed by atoms with Crippen LogP contribution in [-0.2, 0) is 14.3 Å². The third-order valence-corrected chi connectivity index (χ3v) is 4.69. The van der Waals surface area contributed by atoms with E-state index < -0.39 is 29.2 Å². The van der Waals surface area contributed by atoms with Gasteiger partial charge in [-0.05, 0) is 42.3 Å². The highest BCUT2D eigenvalue weighted by atomic mass is 79.9. The molecule has 27 heavy (non-hydrogen) atoms. The second kappa shape index (κ2) is 7.80. The van der Waals surface area contributed by atoms with E-state index in [-0.39, 0.29) is 17.7 Å². The van der Waals surface area contributed by atoms with Crippen LogP contribution in [0.4, 0.5) is 0 Å². The van der Waals surface area contributed by atoms with Crippen LogP contribution in [0.5, 0.6) is 0 Å². The number of fused-ring (bicyclic) bond motifs is 1. The highest BCUT2D eigenvalue weighted by Gasteiger charge is 2.38. The molecule has 0 fully saturated rings. The Morgan fingerprint density at radius 3 is 2.41 bits per heavy atom. The number of halogens is 1. The Kier molecular flexibility index (Phi) is 5.46. The molecule has 0 radical (unpaired) electrons. The lowest BCUT2D eigenvalue weighted by Crippen LogP contribution is -2.31. The van der Waals surface area contributed by atoms with Crippen molar-refractivity contribution in [2.45, 2.75) is 6.92 Å². The van der Waals surface area contributed by atoms with Gasteiger partial charge in [-0.1, -0.05) is 46.3 Å². The minimum absolute atomic E-state index is 0.0862. The lowest BCUT2D eigenvalue weighted by molar-refractivity contribution is -0.144. The number of carbonyl (C=O) groups excluding carboxylic acids is 4. The van der Waals surface area contributed by atoms with Crippen LogP contribution in [0, 0.1) is 5.92 Å². The van der Waals surface area contributed by atoms with Crippen molar-refractivity contribution in [3.63, 3.8) is 0 Å². The Morgan fingerprint density at radius 1 is 1.04 bits per heavy atom. The molecule has 0 amide bonds. The Bertz CT molecular complexity index is 975. The second-order valence-electron chi connectivity index (χ2n) is 5.90. The molecule has 0 saturated carbocycles. The van der Waals surface area contributed by atoms with E-state index in [4.69, 9.17) is 4.74 Å². The smallest absolute Gasteiger partial charge is 0.321 e. The van der Waals surface area contributed by atoms with Crippen LogP contribution < -0.4 is 0 Å². The predicted molar refractivity (Wildman–Crippen MR) is 102 cm³/mol. The van der Waals surface area contributed by atoms with Crippen LogP contribution in [0.2, 0.25) is 0 Å². The number of allylic oxidation sites excluding steroid dienone is 1. The summed E-state index contributed by atoms with van der Waals surface area (Å²) >= 11 is 3.33. The number of hydrogen-bond donors (Lipinski definition) is 0. The molecule has 6 heteroatoms. The molecule has 1 aliphatic rings. The van der Waals surface area contributed by atoms with Gasteiger partial charge in [0.15, 0.2) is 5.78 Å². The predicted octanol–water partition coefficient (Wildman–Crippen LogP) is 3.66. The van der Waals surface area contributed by atoms with Gasteiger partial charge in [0.2, 0.25) is 11.6 Å². The summed E-state index contributed by atoms with van der Waals surface area (Å²) in [7, 11) is 0. The van der Waals surface area contributed by atoms with Gasteiger partial charge in [-0.25, -0.2) is 0 Å². The molecule has 0 N–H and O–H groups in total. The third kappa shape index (κ3) is 3.66. The van der Waals surface area contributed by atoms with Crippen molar-refractivity contribution in [1.82, 2.24) is 0 Å². The Balaban J connectivity index is 2.18.